The average molecular weight is 410 g/mol. The fraction of sp³-hybridized carbons (Fsp3) is 0.348. The van der Waals surface area contributed by atoms with Crippen LogP contribution >= 0.6 is 11.6 Å². The number of nitrogens with one attached hydrogen (secondary N) is 1. The van der Waals surface area contributed by atoms with Crippen molar-refractivity contribution >= 4 is 28.4 Å². The molecular weight excluding hydrogens is 386 g/mol. The van der Waals surface area contributed by atoms with Crippen LogP contribution < -0.4 is 5.32 Å². The van der Waals surface area contributed by atoms with E-state index in [9.17, 15) is 9.90 Å². The molecule has 0 radical (unpaired) electrons. The van der Waals surface area contributed by atoms with E-state index in [-0.39, 0.29) is 24.5 Å². The van der Waals surface area contributed by atoms with Gasteiger partial charge in [0.1, 0.15) is 10.8 Å². The van der Waals surface area contributed by atoms with Crippen molar-refractivity contribution in [3.05, 3.63) is 70.6 Å². The maximum atomic E-state index is 13.0. The maximum absolute atomic E-state index is 13.0. The van der Waals surface area contributed by atoms with Gasteiger partial charge in [0.25, 0.3) is 5.91 Å². The van der Waals surface area contributed by atoms with Gasteiger partial charge >= 0.3 is 0 Å². The van der Waals surface area contributed by atoms with Crippen LogP contribution in [0.4, 0.5) is 0 Å². The van der Waals surface area contributed by atoms with E-state index in [1.807, 2.05) is 36.4 Å². The van der Waals surface area contributed by atoms with Crippen LogP contribution in [0.5, 0.6) is 0 Å². The molecule has 2 heterocycles. The average Bonchev–Trinajstić information content (AvgIpc) is 2.75. The SMILES string of the molecule is O=C(N[C@H]1CCCC[C@@H]1CO)c1cc(Cc2ccc(Cl)nc2)c2ccccc2n1. The second kappa shape index (κ2) is 8.89. The summed E-state index contributed by atoms with van der Waals surface area (Å²) in [5.41, 5.74) is 3.24. The fourth-order valence-corrected chi connectivity index (χ4v) is 4.21. The molecule has 0 spiro atoms. The molecule has 1 amide bonds. The Morgan fingerprint density at radius 2 is 2.00 bits per heavy atom. The minimum atomic E-state index is -0.184. The second-order valence-corrected chi connectivity index (χ2v) is 8.04. The molecule has 29 heavy (non-hydrogen) atoms. The van der Waals surface area contributed by atoms with E-state index in [1.54, 1.807) is 12.3 Å². The first-order valence-corrected chi connectivity index (χ1v) is 10.4. The molecule has 5 nitrogen and oxygen atoms in total. The molecule has 150 valence electrons. The van der Waals surface area contributed by atoms with Gasteiger partial charge in [0.15, 0.2) is 0 Å². The Kier molecular flexibility index (Phi) is 6.07. The van der Waals surface area contributed by atoms with Crippen LogP contribution in [0, 0.1) is 5.92 Å². The number of rotatable bonds is 5. The Balaban J connectivity index is 1.64. The molecule has 3 aromatic rings. The molecule has 1 fully saturated rings. The summed E-state index contributed by atoms with van der Waals surface area (Å²) in [5, 5.41) is 14.2. The van der Waals surface area contributed by atoms with Crippen molar-refractivity contribution in [3.8, 4) is 0 Å². The smallest absolute Gasteiger partial charge is 0.270 e. The predicted molar refractivity (Wildman–Crippen MR) is 114 cm³/mol. The van der Waals surface area contributed by atoms with Crippen LogP contribution in [0.15, 0.2) is 48.7 Å². The van der Waals surface area contributed by atoms with Crippen molar-refractivity contribution in [3.63, 3.8) is 0 Å². The Hall–Kier alpha value is -2.50. The standard InChI is InChI=1S/C23H24ClN3O2/c24-22-10-9-15(13-25-22)11-17-12-21(26-20-8-4-2-6-18(17)20)23(29)27-19-7-3-1-5-16(19)14-28/h2,4,6,8-10,12-13,16,19,28H,1,3,5,7,11,14H2,(H,27,29)/t16-,19+/m1/s1. The number of para-hydroxylation sites is 1. The summed E-state index contributed by atoms with van der Waals surface area (Å²) in [6, 6.07) is 13.4. The highest BCUT2D eigenvalue weighted by Crippen LogP contribution is 2.25. The van der Waals surface area contributed by atoms with E-state index >= 15 is 0 Å². The predicted octanol–water partition coefficient (Wildman–Crippen LogP) is 4.15. The number of aliphatic hydroxyl groups is 1. The monoisotopic (exact) mass is 409 g/mol. The van der Waals surface area contributed by atoms with Crippen molar-refractivity contribution in [2.24, 2.45) is 5.92 Å². The molecule has 0 unspecified atom stereocenters. The minimum Gasteiger partial charge on any atom is -0.396 e. The quantitative estimate of drug-likeness (QED) is 0.620. The van der Waals surface area contributed by atoms with Crippen LogP contribution in [0.2, 0.25) is 5.15 Å². The highest BCUT2D eigenvalue weighted by atomic mass is 35.5. The fourth-order valence-electron chi connectivity index (χ4n) is 4.10. The number of pyridine rings is 2. The van der Waals surface area contributed by atoms with Gasteiger partial charge < -0.3 is 10.4 Å². The second-order valence-electron chi connectivity index (χ2n) is 7.66. The van der Waals surface area contributed by atoms with E-state index in [0.29, 0.717) is 17.3 Å². The number of amides is 1. The summed E-state index contributed by atoms with van der Waals surface area (Å²) in [7, 11) is 0. The zero-order chi connectivity index (χ0) is 20.2. The summed E-state index contributed by atoms with van der Waals surface area (Å²) in [6.07, 6.45) is 6.41. The van der Waals surface area contributed by atoms with Crippen molar-refractivity contribution in [2.75, 3.05) is 6.61 Å². The van der Waals surface area contributed by atoms with Gasteiger partial charge in [-0.3, -0.25) is 4.79 Å². The zero-order valence-corrected chi connectivity index (χ0v) is 16.9. The minimum absolute atomic E-state index is 0.00145. The van der Waals surface area contributed by atoms with E-state index in [0.717, 1.165) is 47.7 Å². The molecule has 0 bridgehead atoms. The van der Waals surface area contributed by atoms with Gasteiger partial charge in [-0.15, -0.1) is 0 Å². The third-order valence-corrected chi connectivity index (χ3v) is 5.90. The van der Waals surface area contributed by atoms with E-state index < -0.39 is 0 Å². The number of benzene rings is 1. The molecule has 1 aliphatic carbocycles. The van der Waals surface area contributed by atoms with Gasteiger partial charge in [0.2, 0.25) is 0 Å². The van der Waals surface area contributed by atoms with Crippen molar-refractivity contribution in [1.82, 2.24) is 15.3 Å². The Bertz CT molecular complexity index is 1010. The van der Waals surface area contributed by atoms with Gasteiger partial charge in [-0.25, -0.2) is 9.97 Å². The first-order chi connectivity index (χ1) is 14.1. The van der Waals surface area contributed by atoms with Crippen LogP contribution in [0.3, 0.4) is 0 Å². The molecule has 2 atom stereocenters. The zero-order valence-electron chi connectivity index (χ0n) is 16.1. The van der Waals surface area contributed by atoms with Crippen molar-refractivity contribution in [2.45, 2.75) is 38.1 Å². The topological polar surface area (TPSA) is 75.1 Å². The third-order valence-electron chi connectivity index (χ3n) is 5.68. The highest BCUT2D eigenvalue weighted by Gasteiger charge is 2.26. The Labute approximate surface area is 175 Å². The van der Waals surface area contributed by atoms with Gasteiger partial charge in [-0.2, -0.15) is 0 Å². The number of halogens is 1. The van der Waals surface area contributed by atoms with Crippen LogP contribution in [-0.2, 0) is 6.42 Å². The lowest BCUT2D eigenvalue weighted by Gasteiger charge is -2.30. The first kappa shape index (κ1) is 19.8. The van der Waals surface area contributed by atoms with E-state index in [1.165, 1.54) is 0 Å². The number of carbonyl (C=O) groups excluding carboxylic acids is 1. The lowest BCUT2D eigenvalue weighted by Crippen LogP contribution is -2.43. The summed E-state index contributed by atoms with van der Waals surface area (Å²) in [5.74, 6) is -0.0654. The summed E-state index contributed by atoms with van der Waals surface area (Å²) in [4.78, 5) is 21.7. The van der Waals surface area contributed by atoms with E-state index in [4.69, 9.17) is 11.6 Å². The molecule has 1 saturated carbocycles. The largest absolute Gasteiger partial charge is 0.396 e. The molecule has 2 aromatic heterocycles. The van der Waals surface area contributed by atoms with Crippen LogP contribution in [0.25, 0.3) is 10.9 Å². The summed E-state index contributed by atoms with van der Waals surface area (Å²) in [6.45, 7) is 0.102. The normalized spacial score (nSPS) is 19.2. The molecule has 0 saturated heterocycles. The molecule has 1 aromatic carbocycles. The van der Waals surface area contributed by atoms with Crippen LogP contribution in [-0.4, -0.2) is 33.6 Å². The number of carbonyl (C=O) groups is 1. The number of nitrogens with zero attached hydrogens (tertiary/aromatic N) is 2. The number of fused-ring (bicyclic) bond motifs is 1. The number of hydrogen-bond donors (Lipinski definition) is 2. The third kappa shape index (κ3) is 4.57. The maximum Gasteiger partial charge on any atom is 0.270 e. The first-order valence-electron chi connectivity index (χ1n) is 10.0. The lowest BCUT2D eigenvalue weighted by atomic mass is 9.85. The summed E-state index contributed by atoms with van der Waals surface area (Å²) < 4.78 is 0. The van der Waals surface area contributed by atoms with Gasteiger partial charge in [0, 0.05) is 30.1 Å². The molecule has 1 aliphatic rings. The number of hydrogen-bond acceptors (Lipinski definition) is 4. The van der Waals surface area contributed by atoms with Gasteiger partial charge in [-0.1, -0.05) is 48.7 Å². The molecule has 0 aliphatic heterocycles. The van der Waals surface area contributed by atoms with Gasteiger partial charge in [-0.05, 0) is 48.6 Å². The van der Waals surface area contributed by atoms with Gasteiger partial charge in [0.05, 0.1) is 5.52 Å². The number of aliphatic hydroxyl groups excluding tert-OH is 1. The molecule has 2 N–H and O–H groups in total. The molecular formula is C23H24ClN3O2. The number of aromatic nitrogens is 2. The van der Waals surface area contributed by atoms with Crippen LogP contribution in [0.1, 0.15) is 47.3 Å². The Morgan fingerprint density at radius 1 is 1.17 bits per heavy atom. The van der Waals surface area contributed by atoms with E-state index in [2.05, 4.69) is 15.3 Å². The molecule has 4 rings (SSSR count). The van der Waals surface area contributed by atoms with Crippen molar-refractivity contribution < 1.29 is 9.90 Å². The highest BCUT2D eigenvalue weighted by molar-refractivity contribution is 6.29. The summed E-state index contributed by atoms with van der Waals surface area (Å²) >= 11 is 5.90. The molecule has 6 heteroatoms. The van der Waals surface area contributed by atoms with Crippen molar-refractivity contribution in [1.29, 1.82) is 0 Å². The lowest BCUT2D eigenvalue weighted by molar-refractivity contribution is 0.0868. The Morgan fingerprint density at radius 3 is 2.79 bits per heavy atom.